The molecule has 1 aliphatic carbocycles. The highest BCUT2D eigenvalue weighted by atomic mass is 79.9. The zero-order valence-electron chi connectivity index (χ0n) is 10.5. The maximum absolute atomic E-state index is 13.5. The summed E-state index contributed by atoms with van der Waals surface area (Å²) in [5, 5.41) is 11.0. The number of nitrogens with zero attached hydrogens (tertiary/aromatic N) is 1. The Kier molecular flexibility index (Phi) is 3.53. The molecule has 1 aromatic rings. The lowest BCUT2D eigenvalue weighted by atomic mass is 9.65. The van der Waals surface area contributed by atoms with Crippen molar-refractivity contribution in [1.29, 1.82) is 0 Å². The SMILES string of the molecule is CC1(C)C(N)CC1Oc1cc(F)c(Br)cc1[N+](=O)[O-]. The number of nitrogens with two attached hydrogens (primary N) is 1. The molecule has 2 atom stereocenters. The van der Waals surface area contributed by atoms with Crippen LogP contribution in [-0.4, -0.2) is 17.1 Å². The van der Waals surface area contributed by atoms with Crippen molar-refractivity contribution in [2.24, 2.45) is 11.1 Å². The first-order valence-electron chi connectivity index (χ1n) is 5.79. The molecule has 7 heteroatoms. The predicted molar refractivity (Wildman–Crippen MR) is 71.5 cm³/mol. The minimum atomic E-state index is -0.595. The Labute approximate surface area is 118 Å². The van der Waals surface area contributed by atoms with Gasteiger partial charge in [0.1, 0.15) is 11.9 Å². The Morgan fingerprint density at radius 3 is 2.68 bits per heavy atom. The first-order valence-corrected chi connectivity index (χ1v) is 6.58. The number of nitro groups is 1. The van der Waals surface area contributed by atoms with Crippen LogP contribution in [-0.2, 0) is 0 Å². The number of ether oxygens (including phenoxy) is 1. The summed E-state index contributed by atoms with van der Waals surface area (Å²) in [4.78, 5) is 10.4. The summed E-state index contributed by atoms with van der Waals surface area (Å²) in [6.07, 6.45) is 0.351. The maximum Gasteiger partial charge on any atom is 0.312 e. The lowest BCUT2D eigenvalue weighted by Gasteiger charge is -2.49. The van der Waals surface area contributed by atoms with Crippen LogP contribution in [0.1, 0.15) is 20.3 Å². The van der Waals surface area contributed by atoms with E-state index in [0.29, 0.717) is 6.42 Å². The molecule has 1 saturated carbocycles. The summed E-state index contributed by atoms with van der Waals surface area (Å²) in [5.74, 6) is -0.655. The van der Waals surface area contributed by atoms with Gasteiger partial charge in [-0.3, -0.25) is 10.1 Å². The first-order chi connectivity index (χ1) is 8.73. The zero-order valence-corrected chi connectivity index (χ0v) is 12.1. The number of rotatable bonds is 3. The summed E-state index contributed by atoms with van der Waals surface area (Å²) >= 11 is 2.92. The van der Waals surface area contributed by atoms with Gasteiger partial charge in [-0.2, -0.15) is 0 Å². The molecular weight excluding hydrogens is 319 g/mol. The second kappa shape index (κ2) is 4.72. The van der Waals surface area contributed by atoms with Crippen molar-refractivity contribution in [2.75, 3.05) is 0 Å². The molecular formula is C12H14BrFN2O3. The van der Waals surface area contributed by atoms with Crippen LogP contribution in [0.25, 0.3) is 0 Å². The molecule has 0 heterocycles. The van der Waals surface area contributed by atoms with Gasteiger partial charge in [-0.05, 0) is 15.9 Å². The molecule has 2 rings (SSSR count). The molecule has 104 valence electrons. The fourth-order valence-corrected chi connectivity index (χ4v) is 2.36. The molecule has 0 aliphatic heterocycles. The van der Waals surface area contributed by atoms with Crippen LogP contribution in [0.5, 0.6) is 5.75 Å². The van der Waals surface area contributed by atoms with Gasteiger partial charge in [-0.1, -0.05) is 13.8 Å². The monoisotopic (exact) mass is 332 g/mol. The maximum atomic E-state index is 13.5. The van der Waals surface area contributed by atoms with Gasteiger partial charge < -0.3 is 10.5 Å². The van der Waals surface area contributed by atoms with Crippen molar-refractivity contribution in [3.63, 3.8) is 0 Å². The van der Waals surface area contributed by atoms with E-state index in [1.165, 1.54) is 0 Å². The van der Waals surface area contributed by atoms with Crippen molar-refractivity contribution in [2.45, 2.75) is 32.4 Å². The number of benzene rings is 1. The van der Waals surface area contributed by atoms with Gasteiger partial charge in [0, 0.05) is 30.0 Å². The molecule has 0 amide bonds. The highest BCUT2D eigenvalue weighted by molar-refractivity contribution is 9.10. The smallest absolute Gasteiger partial charge is 0.312 e. The molecule has 5 nitrogen and oxygen atoms in total. The number of hydrogen-bond donors (Lipinski definition) is 1. The van der Waals surface area contributed by atoms with Crippen LogP contribution < -0.4 is 10.5 Å². The molecule has 0 radical (unpaired) electrons. The van der Waals surface area contributed by atoms with Crippen LogP contribution in [0, 0.1) is 21.3 Å². The fraction of sp³-hybridized carbons (Fsp3) is 0.500. The highest BCUT2D eigenvalue weighted by Gasteiger charge is 2.48. The summed E-state index contributed by atoms with van der Waals surface area (Å²) in [7, 11) is 0. The van der Waals surface area contributed by atoms with E-state index in [0.717, 1.165) is 12.1 Å². The number of halogens is 2. The van der Waals surface area contributed by atoms with Gasteiger partial charge in [0.25, 0.3) is 0 Å². The molecule has 2 unspecified atom stereocenters. The van der Waals surface area contributed by atoms with E-state index in [9.17, 15) is 14.5 Å². The van der Waals surface area contributed by atoms with Gasteiger partial charge >= 0.3 is 5.69 Å². The largest absolute Gasteiger partial charge is 0.483 e. The average Bonchev–Trinajstić information content (AvgIpc) is 2.32. The second-order valence-corrected chi connectivity index (χ2v) is 6.12. The molecule has 2 N–H and O–H groups in total. The molecule has 1 fully saturated rings. The highest BCUT2D eigenvalue weighted by Crippen LogP contribution is 2.44. The van der Waals surface area contributed by atoms with Crippen molar-refractivity contribution in [1.82, 2.24) is 0 Å². The van der Waals surface area contributed by atoms with Crippen LogP contribution in [0.3, 0.4) is 0 Å². The van der Waals surface area contributed by atoms with E-state index in [4.69, 9.17) is 10.5 Å². The van der Waals surface area contributed by atoms with Crippen LogP contribution in [0.4, 0.5) is 10.1 Å². The Bertz CT molecular complexity index is 536. The molecule has 0 bridgehead atoms. The predicted octanol–water partition coefficient (Wildman–Crippen LogP) is 3.00. The number of hydrogen-bond acceptors (Lipinski definition) is 4. The van der Waals surface area contributed by atoms with Gasteiger partial charge in [0.2, 0.25) is 0 Å². The molecule has 19 heavy (non-hydrogen) atoms. The lowest BCUT2D eigenvalue weighted by molar-refractivity contribution is -0.386. The molecule has 0 spiro atoms. The normalized spacial score (nSPS) is 24.7. The van der Waals surface area contributed by atoms with E-state index >= 15 is 0 Å². The van der Waals surface area contributed by atoms with E-state index in [2.05, 4.69) is 15.9 Å². The third kappa shape index (κ3) is 2.44. The third-order valence-corrected chi connectivity index (χ3v) is 4.33. The molecule has 0 aromatic heterocycles. The van der Waals surface area contributed by atoms with Crippen molar-refractivity contribution in [3.05, 3.63) is 32.5 Å². The summed E-state index contributed by atoms with van der Waals surface area (Å²) in [5.41, 5.74) is 5.32. The van der Waals surface area contributed by atoms with Gasteiger partial charge in [-0.15, -0.1) is 0 Å². The molecule has 0 saturated heterocycles. The fourth-order valence-electron chi connectivity index (χ4n) is 2.02. The standard InChI is InChI=1S/C12H14BrFN2O3/c1-12(2)10(15)5-11(12)19-9-4-7(14)6(13)3-8(9)16(17)18/h3-4,10-11H,5,15H2,1-2H3. The van der Waals surface area contributed by atoms with E-state index in [1.54, 1.807) is 0 Å². The lowest BCUT2D eigenvalue weighted by Crippen LogP contribution is -2.60. The van der Waals surface area contributed by atoms with Gasteiger partial charge in [-0.25, -0.2) is 4.39 Å². The Morgan fingerprint density at radius 2 is 2.21 bits per heavy atom. The van der Waals surface area contributed by atoms with Crippen molar-refractivity contribution >= 4 is 21.6 Å². The molecule has 1 aliphatic rings. The Balaban J connectivity index is 2.30. The van der Waals surface area contributed by atoms with E-state index in [-0.39, 0.29) is 33.5 Å². The van der Waals surface area contributed by atoms with Crippen LogP contribution >= 0.6 is 15.9 Å². The minimum Gasteiger partial charge on any atom is -0.483 e. The second-order valence-electron chi connectivity index (χ2n) is 5.26. The van der Waals surface area contributed by atoms with Crippen molar-refractivity contribution in [3.8, 4) is 5.75 Å². The van der Waals surface area contributed by atoms with Gasteiger partial charge in [0.05, 0.1) is 9.40 Å². The average molecular weight is 333 g/mol. The summed E-state index contributed by atoms with van der Waals surface area (Å²) < 4.78 is 19.1. The first kappa shape index (κ1) is 14.2. The van der Waals surface area contributed by atoms with Gasteiger partial charge in [0.15, 0.2) is 5.75 Å². The quantitative estimate of drug-likeness (QED) is 0.681. The topological polar surface area (TPSA) is 78.4 Å². The third-order valence-electron chi connectivity index (χ3n) is 3.72. The van der Waals surface area contributed by atoms with Crippen molar-refractivity contribution < 1.29 is 14.1 Å². The molecule has 1 aromatic carbocycles. The van der Waals surface area contributed by atoms with Crippen LogP contribution in [0.2, 0.25) is 0 Å². The Morgan fingerprint density at radius 1 is 1.58 bits per heavy atom. The summed E-state index contributed by atoms with van der Waals surface area (Å²) in [6.45, 7) is 3.85. The zero-order chi connectivity index (χ0) is 14.4. The van der Waals surface area contributed by atoms with E-state index < -0.39 is 10.7 Å². The van der Waals surface area contributed by atoms with E-state index in [1.807, 2.05) is 13.8 Å². The number of nitro benzene ring substituents is 1. The van der Waals surface area contributed by atoms with Crippen LogP contribution in [0.15, 0.2) is 16.6 Å². The minimum absolute atomic E-state index is 0.0168. The Hall–Kier alpha value is -1.21. The summed E-state index contributed by atoms with van der Waals surface area (Å²) in [6, 6.07) is 2.12.